The van der Waals surface area contributed by atoms with Crippen LogP contribution >= 0.6 is 0 Å². The van der Waals surface area contributed by atoms with E-state index in [1.165, 1.54) is 18.3 Å². The second-order valence-corrected chi connectivity index (χ2v) is 9.24. The molecule has 0 saturated carbocycles. The lowest BCUT2D eigenvalue weighted by Crippen LogP contribution is -2.13. The Bertz CT molecular complexity index is 1260. The number of ketones is 1. The molecular weight excluding hydrogens is 458 g/mol. The molecule has 188 valence electrons. The number of benzene rings is 2. The number of hydrogen-bond donors (Lipinski definition) is 0. The normalized spacial score (nSPS) is 11.4. The maximum atomic E-state index is 13.4. The first-order valence-corrected chi connectivity index (χ1v) is 12.0. The third kappa shape index (κ3) is 6.75. The summed E-state index contributed by atoms with van der Waals surface area (Å²) >= 11 is 0. The number of carbonyl (C=O) groups is 2. The number of hydrogen-bond acceptors (Lipinski definition) is 6. The van der Waals surface area contributed by atoms with Gasteiger partial charge in [-0.25, -0.2) is 4.79 Å². The number of nitro groups is 1. The van der Waals surface area contributed by atoms with E-state index in [2.05, 4.69) is 5.16 Å². The third-order valence-corrected chi connectivity index (χ3v) is 5.76. The van der Waals surface area contributed by atoms with E-state index in [-0.39, 0.29) is 29.7 Å². The molecule has 0 fully saturated rings. The van der Waals surface area contributed by atoms with Crippen molar-refractivity contribution in [2.45, 2.75) is 53.0 Å². The molecule has 1 heterocycles. The van der Waals surface area contributed by atoms with E-state index in [4.69, 9.17) is 4.84 Å². The van der Waals surface area contributed by atoms with Gasteiger partial charge in [-0.1, -0.05) is 75.3 Å². The van der Waals surface area contributed by atoms with Gasteiger partial charge in [0.15, 0.2) is 5.78 Å². The Labute approximate surface area is 210 Å². The first kappa shape index (κ1) is 26.5. The van der Waals surface area contributed by atoms with Crippen molar-refractivity contribution in [2.75, 3.05) is 0 Å². The highest BCUT2D eigenvalue weighted by atomic mass is 16.7. The summed E-state index contributed by atoms with van der Waals surface area (Å²) in [6.45, 7) is 8.02. The van der Waals surface area contributed by atoms with Gasteiger partial charge < -0.3 is 9.40 Å². The van der Waals surface area contributed by atoms with Gasteiger partial charge in [0.2, 0.25) is 0 Å². The topological polar surface area (TPSA) is 104 Å². The molecule has 0 aliphatic carbocycles. The Morgan fingerprint density at radius 2 is 1.72 bits per heavy atom. The second-order valence-electron chi connectivity index (χ2n) is 9.24. The van der Waals surface area contributed by atoms with E-state index in [1.54, 1.807) is 32.0 Å². The van der Waals surface area contributed by atoms with Crippen LogP contribution in [0, 0.1) is 16.0 Å². The molecule has 0 radical (unpaired) electrons. The number of nitro benzene ring substituents is 1. The van der Waals surface area contributed by atoms with Gasteiger partial charge >= 0.3 is 5.97 Å². The lowest BCUT2D eigenvalue weighted by Gasteiger charge is -2.16. The van der Waals surface area contributed by atoms with Crippen LogP contribution < -0.4 is 0 Å². The zero-order chi connectivity index (χ0) is 26.2. The summed E-state index contributed by atoms with van der Waals surface area (Å²) in [4.78, 5) is 40.9. The average Bonchev–Trinajstić information content (AvgIpc) is 3.21. The molecule has 0 aliphatic heterocycles. The van der Waals surface area contributed by atoms with Crippen molar-refractivity contribution in [3.8, 4) is 0 Å². The number of aromatic nitrogens is 1. The maximum Gasteiger partial charge on any atom is 0.337 e. The second kappa shape index (κ2) is 12.1. The molecule has 36 heavy (non-hydrogen) atoms. The van der Waals surface area contributed by atoms with Gasteiger partial charge in [0.25, 0.3) is 5.69 Å². The molecule has 3 aromatic rings. The van der Waals surface area contributed by atoms with E-state index in [0.29, 0.717) is 24.2 Å². The van der Waals surface area contributed by atoms with Crippen LogP contribution in [0.3, 0.4) is 0 Å². The predicted octanol–water partition coefficient (Wildman–Crippen LogP) is 5.92. The Kier molecular flexibility index (Phi) is 8.89. The van der Waals surface area contributed by atoms with E-state index in [0.717, 1.165) is 16.8 Å². The highest BCUT2D eigenvalue weighted by Gasteiger charge is 2.22. The molecule has 0 unspecified atom stereocenters. The van der Waals surface area contributed by atoms with Gasteiger partial charge in [-0.3, -0.25) is 14.9 Å². The van der Waals surface area contributed by atoms with Crippen LogP contribution in [0.1, 0.15) is 72.9 Å². The standard InChI is InChI=1S/C28H31N3O5/c1-19(2)27-25(26(32)14-13-21-11-8-12-23(15-21)31(34)35)16-24(17-29-36-28(33)20(3)4)30(27)18-22-9-6-5-7-10-22/h5-12,15-17,19-20H,13-14,18H2,1-4H3/b29-17+. The van der Waals surface area contributed by atoms with E-state index < -0.39 is 10.9 Å². The smallest absolute Gasteiger partial charge is 0.337 e. The van der Waals surface area contributed by atoms with Crippen LogP contribution in [0.4, 0.5) is 5.69 Å². The van der Waals surface area contributed by atoms with Gasteiger partial charge in [-0.2, -0.15) is 0 Å². The Morgan fingerprint density at radius 1 is 1.03 bits per heavy atom. The van der Waals surface area contributed by atoms with Crippen LogP contribution in [0.25, 0.3) is 0 Å². The average molecular weight is 490 g/mol. The van der Waals surface area contributed by atoms with Crippen molar-refractivity contribution in [3.63, 3.8) is 0 Å². The number of aryl methyl sites for hydroxylation is 1. The highest BCUT2D eigenvalue weighted by molar-refractivity contribution is 5.99. The molecule has 0 saturated heterocycles. The molecule has 8 heteroatoms. The number of rotatable bonds is 11. The Balaban J connectivity index is 1.94. The summed E-state index contributed by atoms with van der Waals surface area (Å²) < 4.78 is 2.02. The van der Waals surface area contributed by atoms with Crippen molar-refractivity contribution < 1.29 is 19.3 Å². The van der Waals surface area contributed by atoms with Crippen LogP contribution in [-0.2, 0) is 22.6 Å². The maximum absolute atomic E-state index is 13.4. The minimum absolute atomic E-state index is 0.00581. The molecule has 0 bridgehead atoms. The molecule has 2 aromatic carbocycles. The third-order valence-electron chi connectivity index (χ3n) is 5.76. The molecule has 3 rings (SSSR count). The molecule has 0 spiro atoms. The number of carbonyl (C=O) groups excluding carboxylic acids is 2. The van der Waals surface area contributed by atoms with Crippen molar-refractivity contribution >= 4 is 23.7 Å². The number of non-ortho nitro benzene ring substituents is 1. The molecule has 0 aliphatic rings. The monoisotopic (exact) mass is 489 g/mol. The fraction of sp³-hybridized carbons (Fsp3) is 0.321. The molecule has 0 amide bonds. The Morgan fingerprint density at radius 3 is 2.36 bits per heavy atom. The van der Waals surface area contributed by atoms with Crippen molar-refractivity contribution in [1.82, 2.24) is 4.57 Å². The SMILES string of the molecule is CC(C)C(=O)O/N=C/c1cc(C(=O)CCc2cccc([N+](=O)[O-])c2)c(C(C)C)n1Cc1ccccc1. The predicted molar refractivity (Wildman–Crippen MR) is 138 cm³/mol. The minimum atomic E-state index is -0.441. The van der Waals surface area contributed by atoms with E-state index >= 15 is 0 Å². The van der Waals surface area contributed by atoms with Crippen molar-refractivity contribution in [2.24, 2.45) is 11.1 Å². The largest absolute Gasteiger partial charge is 0.338 e. The minimum Gasteiger partial charge on any atom is -0.338 e. The molecule has 0 atom stereocenters. The lowest BCUT2D eigenvalue weighted by molar-refractivity contribution is -0.384. The van der Waals surface area contributed by atoms with E-state index in [1.807, 2.05) is 48.7 Å². The number of nitrogens with zero attached hydrogens (tertiary/aromatic N) is 3. The molecule has 1 aromatic heterocycles. The summed E-state index contributed by atoms with van der Waals surface area (Å²) in [7, 11) is 0. The zero-order valence-corrected chi connectivity index (χ0v) is 21.0. The fourth-order valence-electron chi connectivity index (χ4n) is 3.94. The molecular formula is C28H31N3O5. The van der Waals surface area contributed by atoms with Gasteiger partial charge in [-0.05, 0) is 29.5 Å². The number of oxime groups is 1. The van der Waals surface area contributed by atoms with Gasteiger partial charge in [0.1, 0.15) is 0 Å². The van der Waals surface area contributed by atoms with Crippen LogP contribution in [0.5, 0.6) is 0 Å². The summed E-state index contributed by atoms with van der Waals surface area (Å²) in [5.41, 5.74) is 3.88. The first-order chi connectivity index (χ1) is 17.2. The highest BCUT2D eigenvalue weighted by Crippen LogP contribution is 2.27. The van der Waals surface area contributed by atoms with Gasteiger partial charge in [0.05, 0.1) is 22.7 Å². The summed E-state index contributed by atoms with van der Waals surface area (Å²) in [5.74, 6) is -0.781. The van der Waals surface area contributed by atoms with Crippen molar-refractivity contribution in [3.05, 3.63) is 98.9 Å². The summed E-state index contributed by atoms with van der Waals surface area (Å²) in [6, 6.07) is 18.0. The summed E-state index contributed by atoms with van der Waals surface area (Å²) in [5, 5.41) is 15.0. The Hall–Kier alpha value is -4.07. The van der Waals surface area contributed by atoms with Crippen LogP contribution in [0.2, 0.25) is 0 Å². The molecule has 0 N–H and O–H groups in total. The number of Topliss-reactive ketones (excluding diaryl/α,β-unsaturated/α-hetero) is 1. The van der Waals surface area contributed by atoms with Gasteiger partial charge in [-0.15, -0.1) is 0 Å². The van der Waals surface area contributed by atoms with Gasteiger partial charge in [0, 0.05) is 36.4 Å². The van der Waals surface area contributed by atoms with E-state index in [9.17, 15) is 19.7 Å². The summed E-state index contributed by atoms with van der Waals surface area (Å²) in [6.07, 6.45) is 2.05. The van der Waals surface area contributed by atoms with Crippen LogP contribution in [-0.4, -0.2) is 27.5 Å². The quantitative estimate of drug-likeness (QED) is 0.109. The lowest BCUT2D eigenvalue weighted by atomic mass is 9.98. The molecule has 8 nitrogen and oxygen atoms in total. The fourth-order valence-corrected chi connectivity index (χ4v) is 3.94. The first-order valence-electron chi connectivity index (χ1n) is 12.0. The van der Waals surface area contributed by atoms with Crippen molar-refractivity contribution in [1.29, 1.82) is 0 Å². The zero-order valence-electron chi connectivity index (χ0n) is 21.0. The van der Waals surface area contributed by atoms with Crippen LogP contribution in [0.15, 0.2) is 65.8 Å².